The Hall–Kier alpha value is -1.94. The van der Waals surface area contributed by atoms with Crippen LogP contribution in [0.4, 0.5) is 5.69 Å². The van der Waals surface area contributed by atoms with Crippen molar-refractivity contribution in [2.24, 2.45) is 4.99 Å². The first kappa shape index (κ1) is 14.0. The predicted molar refractivity (Wildman–Crippen MR) is 87.5 cm³/mol. The number of aliphatic imine (C=N–C) groups is 1. The van der Waals surface area contributed by atoms with Gasteiger partial charge in [-0.15, -0.1) is 11.8 Å². The molecule has 2 aromatic carbocycles. The van der Waals surface area contributed by atoms with Crippen molar-refractivity contribution in [1.29, 1.82) is 0 Å². The highest BCUT2D eigenvalue weighted by Crippen LogP contribution is 2.33. The lowest BCUT2D eigenvalue weighted by Gasteiger charge is -2.13. The minimum Gasteiger partial charge on any atom is -0.113 e. The Labute approximate surface area is 128 Å². The highest BCUT2D eigenvalue weighted by molar-refractivity contribution is 8.00. The van der Waals surface area contributed by atoms with Crippen LogP contribution in [0.2, 0.25) is 0 Å². The monoisotopic (exact) mass is 297 g/mol. The molecule has 1 aliphatic rings. The van der Waals surface area contributed by atoms with E-state index in [0.29, 0.717) is 11.6 Å². The molecule has 21 heavy (non-hydrogen) atoms. The third-order valence-corrected chi connectivity index (χ3v) is 4.86. The molecule has 0 saturated heterocycles. The Bertz CT molecular complexity index is 724. The molecule has 0 fully saturated rings. The maximum absolute atomic E-state index is 12.4. The van der Waals surface area contributed by atoms with Crippen molar-refractivity contribution in [3.05, 3.63) is 64.6 Å². The summed E-state index contributed by atoms with van der Waals surface area (Å²) in [7, 11) is 0. The largest absolute Gasteiger partial charge is 0.347 e. The van der Waals surface area contributed by atoms with Gasteiger partial charge in [0.05, 0.1) is 5.56 Å². The number of hydrogen-bond acceptors (Lipinski definition) is 3. The number of amidine groups is 1. The van der Waals surface area contributed by atoms with Gasteiger partial charge < -0.3 is 0 Å². The molecular formula is C17H17N2OS+. The van der Waals surface area contributed by atoms with Gasteiger partial charge in [0, 0.05) is 4.90 Å². The third kappa shape index (κ3) is 2.76. The van der Waals surface area contributed by atoms with E-state index < -0.39 is 0 Å². The van der Waals surface area contributed by atoms with Gasteiger partial charge >= 0.3 is 5.84 Å². The van der Waals surface area contributed by atoms with Crippen LogP contribution in [0.5, 0.6) is 0 Å². The first-order chi connectivity index (χ1) is 10.2. The smallest absolute Gasteiger partial charge is 0.113 e. The molecule has 0 spiro atoms. The fourth-order valence-electron chi connectivity index (χ4n) is 2.44. The van der Waals surface area contributed by atoms with Gasteiger partial charge in [-0.1, -0.05) is 41.3 Å². The molecule has 4 heteroatoms. The standard InChI is InChI=1S/C17H17N2OS/c1-12-7-3-6-10-16(12)21-11-17-18-15-9-5-4-8-14(15)13(2)19(17)20/h3-10,13H,11H2,1-2H3/q+1. The quantitative estimate of drug-likeness (QED) is 0.609. The molecule has 0 radical (unpaired) electrons. The first-order valence-corrected chi connectivity index (χ1v) is 7.96. The SMILES string of the molecule is Cc1ccccc1SCC1=Nc2ccccc2C(C)[N+]1=O. The number of benzene rings is 2. The van der Waals surface area contributed by atoms with E-state index in [1.807, 2.05) is 43.3 Å². The van der Waals surface area contributed by atoms with Gasteiger partial charge in [-0.05, 0) is 41.3 Å². The number of para-hydroxylation sites is 1. The number of fused-ring (bicyclic) bond motifs is 1. The highest BCUT2D eigenvalue weighted by Gasteiger charge is 2.34. The number of aryl methyl sites for hydroxylation is 1. The van der Waals surface area contributed by atoms with Crippen LogP contribution in [0.1, 0.15) is 24.1 Å². The molecule has 0 N–H and O–H groups in total. The van der Waals surface area contributed by atoms with Gasteiger partial charge in [0.1, 0.15) is 5.75 Å². The summed E-state index contributed by atoms with van der Waals surface area (Å²) >= 11 is 1.66. The van der Waals surface area contributed by atoms with E-state index in [1.54, 1.807) is 11.8 Å². The highest BCUT2D eigenvalue weighted by atomic mass is 32.2. The van der Waals surface area contributed by atoms with E-state index in [9.17, 15) is 4.91 Å². The lowest BCUT2D eigenvalue weighted by Crippen LogP contribution is -2.26. The van der Waals surface area contributed by atoms with Crippen molar-refractivity contribution < 1.29 is 4.76 Å². The minimum absolute atomic E-state index is 0.175. The van der Waals surface area contributed by atoms with E-state index in [1.165, 1.54) is 10.5 Å². The van der Waals surface area contributed by atoms with Crippen molar-refractivity contribution in [2.45, 2.75) is 24.8 Å². The average molecular weight is 297 g/mol. The van der Waals surface area contributed by atoms with Crippen molar-refractivity contribution in [1.82, 2.24) is 0 Å². The van der Waals surface area contributed by atoms with Gasteiger partial charge in [0.2, 0.25) is 0 Å². The zero-order valence-electron chi connectivity index (χ0n) is 12.1. The lowest BCUT2D eigenvalue weighted by molar-refractivity contribution is -0.480. The second-order valence-electron chi connectivity index (χ2n) is 5.14. The Morgan fingerprint density at radius 2 is 1.86 bits per heavy atom. The summed E-state index contributed by atoms with van der Waals surface area (Å²) < 4.78 is 1.04. The van der Waals surface area contributed by atoms with Gasteiger partial charge in [-0.2, -0.15) is 0 Å². The number of rotatable bonds is 3. The number of hydrogen-bond donors (Lipinski definition) is 0. The van der Waals surface area contributed by atoms with Crippen LogP contribution in [0.25, 0.3) is 0 Å². The van der Waals surface area contributed by atoms with Crippen LogP contribution in [-0.2, 0) is 0 Å². The molecule has 1 heterocycles. The average Bonchev–Trinajstić information content (AvgIpc) is 2.51. The van der Waals surface area contributed by atoms with Gasteiger partial charge in [-0.3, -0.25) is 0 Å². The molecule has 1 unspecified atom stereocenters. The van der Waals surface area contributed by atoms with Crippen molar-refractivity contribution in [3.63, 3.8) is 0 Å². The summed E-state index contributed by atoms with van der Waals surface area (Å²) in [6.07, 6.45) is 0. The third-order valence-electron chi connectivity index (χ3n) is 3.69. The van der Waals surface area contributed by atoms with Crippen LogP contribution < -0.4 is 0 Å². The number of nitrogens with zero attached hydrogens (tertiary/aromatic N) is 2. The maximum Gasteiger partial charge on any atom is 0.347 e. The minimum atomic E-state index is -0.175. The zero-order chi connectivity index (χ0) is 14.8. The van der Waals surface area contributed by atoms with E-state index in [2.05, 4.69) is 24.0 Å². The van der Waals surface area contributed by atoms with Gasteiger partial charge in [0.25, 0.3) is 0 Å². The molecular weight excluding hydrogens is 280 g/mol. The van der Waals surface area contributed by atoms with Crippen molar-refractivity contribution >= 4 is 23.3 Å². The Morgan fingerprint density at radius 1 is 1.14 bits per heavy atom. The van der Waals surface area contributed by atoms with E-state index in [-0.39, 0.29) is 6.04 Å². The van der Waals surface area contributed by atoms with Crippen molar-refractivity contribution in [3.8, 4) is 0 Å². The normalized spacial score (nSPS) is 17.3. The maximum atomic E-state index is 12.4. The molecule has 106 valence electrons. The van der Waals surface area contributed by atoms with Gasteiger partial charge in [0.15, 0.2) is 11.7 Å². The molecule has 3 nitrogen and oxygen atoms in total. The summed E-state index contributed by atoms with van der Waals surface area (Å²) in [5.74, 6) is 1.18. The molecule has 0 aromatic heterocycles. The second kappa shape index (κ2) is 5.82. The molecule has 0 amide bonds. The predicted octanol–water partition coefficient (Wildman–Crippen LogP) is 4.67. The summed E-state index contributed by atoms with van der Waals surface area (Å²) in [4.78, 5) is 18.1. The number of nitroso groups, excluding NO2 is 1. The Morgan fingerprint density at radius 3 is 2.67 bits per heavy atom. The fourth-order valence-corrected chi connectivity index (χ4v) is 3.38. The van der Waals surface area contributed by atoms with Crippen molar-refractivity contribution in [2.75, 3.05) is 5.75 Å². The topological polar surface area (TPSA) is 32.4 Å². The molecule has 0 bridgehead atoms. The van der Waals surface area contributed by atoms with Crippen LogP contribution in [0.15, 0.2) is 58.4 Å². The van der Waals surface area contributed by atoms with Crippen LogP contribution in [-0.4, -0.2) is 16.3 Å². The lowest BCUT2D eigenvalue weighted by atomic mass is 10.0. The summed E-state index contributed by atoms with van der Waals surface area (Å²) in [5.41, 5.74) is 3.14. The molecule has 0 aliphatic carbocycles. The summed E-state index contributed by atoms with van der Waals surface area (Å²) in [6.45, 7) is 4.01. The van der Waals surface area contributed by atoms with Crippen LogP contribution in [0, 0.1) is 11.8 Å². The molecule has 3 rings (SSSR count). The summed E-state index contributed by atoms with van der Waals surface area (Å²) in [6, 6.07) is 15.9. The Balaban J connectivity index is 1.84. The fraction of sp³-hybridized carbons (Fsp3) is 0.235. The van der Waals surface area contributed by atoms with Gasteiger partial charge in [-0.25, -0.2) is 0 Å². The second-order valence-corrected chi connectivity index (χ2v) is 6.16. The van der Waals surface area contributed by atoms with E-state index in [4.69, 9.17) is 0 Å². The van der Waals surface area contributed by atoms with E-state index >= 15 is 0 Å². The van der Waals surface area contributed by atoms with Crippen LogP contribution in [0.3, 0.4) is 0 Å². The molecule has 1 atom stereocenters. The van der Waals surface area contributed by atoms with E-state index in [0.717, 1.165) is 16.0 Å². The number of thioether (sulfide) groups is 1. The molecule has 0 saturated carbocycles. The molecule has 1 aliphatic heterocycles. The first-order valence-electron chi connectivity index (χ1n) is 6.98. The molecule has 2 aromatic rings. The summed E-state index contributed by atoms with van der Waals surface area (Å²) in [5, 5.41) is 0. The van der Waals surface area contributed by atoms with Crippen LogP contribution >= 0.6 is 11.8 Å². The Kier molecular flexibility index (Phi) is 3.88. The zero-order valence-corrected chi connectivity index (χ0v) is 12.9.